The second-order valence-corrected chi connectivity index (χ2v) is 5.61. The SMILES string of the molecule is CCOC(=O)c1cnc(Nc2ccc(N3CCOCC3)nc2)nc1Cl. The highest BCUT2D eigenvalue weighted by atomic mass is 35.5. The lowest BCUT2D eigenvalue weighted by Crippen LogP contribution is -2.36. The highest BCUT2D eigenvalue weighted by Gasteiger charge is 2.15. The number of anilines is 3. The van der Waals surface area contributed by atoms with Crippen molar-refractivity contribution >= 4 is 35.0 Å². The van der Waals surface area contributed by atoms with Crippen molar-refractivity contribution in [2.75, 3.05) is 43.1 Å². The summed E-state index contributed by atoms with van der Waals surface area (Å²) in [7, 11) is 0. The van der Waals surface area contributed by atoms with Crippen molar-refractivity contribution in [3.63, 3.8) is 0 Å². The van der Waals surface area contributed by atoms with Gasteiger partial charge in [-0.25, -0.2) is 14.8 Å². The summed E-state index contributed by atoms with van der Waals surface area (Å²) in [6.07, 6.45) is 3.03. The third-order valence-corrected chi connectivity index (χ3v) is 3.86. The maximum Gasteiger partial charge on any atom is 0.342 e. The van der Waals surface area contributed by atoms with Crippen molar-refractivity contribution in [3.8, 4) is 0 Å². The van der Waals surface area contributed by atoms with E-state index in [1.54, 1.807) is 13.1 Å². The first-order valence-electron chi connectivity index (χ1n) is 7.93. The molecule has 1 saturated heterocycles. The van der Waals surface area contributed by atoms with E-state index in [-0.39, 0.29) is 23.3 Å². The number of nitrogens with one attached hydrogen (secondary N) is 1. The quantitative estimate of drug-likeness (QED) is 0.639. The molecule has 0 bridgehead atoms. The van der Waals surface area contributed by atoms with Gasteiger partial charge in [-0.1, -0.05) is 11.6 Å². The fourth-order valence-corrected chi connectivity index (χ4v) is 2.54. The number of morpholine rings is 1. The molecule has 3 heterocycles. The van der Waals surface area contributed by atoms with Gasteiger partial charge < -0.3 is 19.7 Å². The number of rotatable bonds is 5. The van der Waals surface area contributed by atoms with Gasteiger partial charge in [-0.2, -0.15) is 4.98 Å². The number of nitrogens with zero attached hydrogens (tertiary/aromatic N) is 4. The van der Waals surface area contributed by atoms with E-state index in [0.29, 0.717) is 13.2 Å². The summed E-state index contributed by atoms with van der Waals surface area (Å²) in [5.41, 5.74) is 0.854. The molecule has 0 saturated carbocycles. The summed E-state index contributed by atoms with van der Waals surface area (Å²) >= 11 is 6.03. The van der Waals surface area contributed by atoms with Crippen LogP contribution in [-0.4, -0.2) is 53.8 Å². The van der Waals surface area contributed by atoms with Gasteiger partial charge in [-0.3, -0.25) is 0 Å². The zero-order valence-electron chi connectivity index (χ0n) is 13.7. The van der Waals surface area contributed by atoms with E-state index in [2.05, 4.69) is 25.2 Å². The highest BCUT2D eigenvalue weighted by molar-refractivity contribution is 6.32. The lowest BCUT2D eigenvalue weighted by atomic mass is 10.3. The highest BCUT2D eigenvalue weighted by Crippen LogP contribution is 2.20. The summed E-state index contributed by atoms with van der Waals surface area (Å²) in [6, 6.07) is 3.80. The second kappa shape index (κ2) is 8.09. The fourth-order valence-electron chi connectivity index (χ4n) is 2.34. The summed E-state index contributed by atoms with van der Waals surface area (Å²) in [6.45, 7) is 5.05. The van der Waals surface area contributed by atoms with Crippen LogP contribution in [-0.2, 0) is 9.47 Å². The Hall–Kier alpha value is -2.45. The number of carbonyl (C=O) groups excluding carboxylic acids is 1. The summed E-state index contributed by atoms with van der Waals surface area (Å²) in [5.74, 6) is 0.625. The van der Waals surface area contributed by atoms with Crippen molar-refractivity contribution in [2.45, 2.75) is 6.92 Å². The van der Waals surface area contributed by atoms with E-state index in [1.807, 2.05) is 12.1 Å². The predicted octanol–water partition coefficient (Wildman–Crippen LogP) is 2.28. The van der Waals surface area contributed by atoms with Crippen LogP contribution >= 0.6 is 11.6 Å². The summed E-state index contributed by atoms with van der Waals surface area (Å²) < 4.78 is 10.2. The normalized spacial score (nSPS) is 14.2. The molecule has 0 spiro atoms. The minimum Gasteiger partial charge on any atom is -0.462 e. The standard InChI is InChI=1S/C16H18ClN5O3/c1-2-25-15(23)12-10-19-16(21-14(12)17)20-11-3-4-13(18-9-11)22-5-7-24-8-6-22/h3-4,9-10H,2,5-8H2,1H3,(H,19,20,21). The minimum absolute atomic E-state index is 0.0360. The van der Waals surface area contributed by atoms with Gasteiger partial charge in [-0.15, -0.1) is 0 Å². The van der Waals surface area contributed by atoms with Crippen molar-refractivity contribution in [1.82, 2.24) is 15.0 Å². The first-order chi connectivity index (χ1) is 12.2. The van der Waals surface area contributed by atoms with Crippen molar-refractivity contribution in [2.24, 2.45) is 0 Å². The molecule has 25 heavy (non-hydrogen) atoms. The molecule has 2 aromatic heterocycles. The van der Waals surface area contributed by atoms with Gasteiger partial charge in [0.15, 0.2) is 0 Å². The molecule has 2 aromatic rings. The van der Waals surface area contributed by atoms with E-state index in [9.17, 15) is 4.79 Å². The molecule has 0 amide bonds. The predicted molar refractivity (Wildman–Crippen MR) is 93.6 cm³/mol. The molecule has 9 heteroatoms. The number of hydrogen-bond acceptors (Lipinski definition) is 8. The maximum absolute atomic E-state index is 11.7. The number of aromatic nitrogens is 3. The Kier molecular flexibility index (Phi) is 5.62. The van der Waals surface area contributed by atoms with Crippen molar-refractivity contribution in [1.29, 1.82) is 0 Å². The lowest BCUT2D eigenvalue weighted by Gasteiger charge is -2.27. The second-order valence-electron chi connectivity index (χ2n) is 5.25. The number of halogens is 1. The average molecular weight is 364 g/mol. The topological polar surface area (TPSA) is 89.5 Å². The third kappa shape index (κ3) is 4.34. The zero-order valence-corrected chi connectivity index (χ0v) is 14.5. The molecular formula is C16H18ClN5O3. The third-order valence-electron chi connectivity index (χ3n) is 3.58. The van der Waals surface area contributed by atoms with Gasteiger partial charge >= 0.3 is 5.97 Å². The Morgan fingerprint density at radius 2 is 2.12 bits per heavy atom. The van der Waals surface area contributed by atoms with Crippen LogP contribution in [0.5, 0.6) is 0 Å². The van der Waals surface area contributed by atoms with Crippen LogP contribution in [0.4, 0.5) is 17.5 Å². The molecule has 0 radical (unpaired) electrons. The van der Waals surface area contributed by atoms with Crippen LogP contribution in [0.1, 0.15) is 17.3 Å². The van der Waals surface area contributed by atoms with Gasteiger partial charge in [0.05, 0.1) is 31.7 Å². The Morgan fingerprint density at radius 1 is 1.32 bits per heavy atom. The smallest absolute Gasteiger partial charge is 0.342 e. The molecule has 1 aliphatic rings. The number of carbonyl (C=O) groups is 1. The van der Waals surface area contributed by atoms with E-state index in [0.717, 1.165) is 24.6 Å². The zero-order chi connectivity index (χ0) is 17.6. The molecule has 1 N–H and O–H groups in total. The molecule has 1 fully saturated rings. The molecule has 0 aliphatic carbocycles. The van der Waals surface area contributed by atoms with Gasteiger partial charge in [0.2, 0.25) is 5.95 Å². The van der Waals surface area contributed by atoms with Crippen LogP contribution in [0.2, 0.25) is 5.15 Å². The lowest BCUT2D eigenvalue weighted by molar-refractivity contribution is 0.0525. The minimum atomic E-state index is -0.546. The van der Waals surface area contributed by atoms with E-state index < -0.39 is 5.97 Å². The van der Waals surface area contributed by atoms with E-state index in [1.165, 1.54) is 6.20 Å². The first-order valence-corrected chi connectivity index (χ1v) is 8.30. The van der Waals surface area contributed by atoms with Crippen molar-refractivity contribution < 1.29 is 14.3 Å². The molecule has 3 rings (SSSR count). The Balaban J connectivity index is 1.67. The average Bonchev–Trinajstić information content (AvgIpc) is 2.63. The van der Waals surface area contributed by atoms with Crippen LogP contribution in [0.3, 0.4) is 0 Å². The van der Waals surface area contributed by atoms with E-state index in [4.69, 9.17) is 21.1 Å². The molecule has 1 aliphatic heterocycles. The monoisotopic (exact) mass is 363 g/mol. The largest absolute Gasteiger partial charge is 0.462 e. The molecule has 132 valence electrons. The molecule has 0 atom stereocenters. The fraction of sp³-hybridized carbons (Fsp3) is 0.375. The Labute approximate surface area is 150 Å². The number of hydrogen-bond donors (Lipinski definition) is 1. The van der Waals surface area contributed by atoms with Crippen LogP contribution in [0.15, 0.2) is 24.5 Å². The van der Waals surface area contributed by atoms with Gasteiger partial charge in [-0.05, 0) is 19.1 Å². The number of ether oxygens (including phenoxy) is 2. The number of pyridine rings is 1. The Bertz CT molecular complexity index is 735. The summed E-state index contributed by atoms with van der Waals surface area (Å²) in [5, 5.41) is 3.04. The first kappa shape index (κ1) is 17.4. The molecular weight excluding hydrogens is 346 g/mol. The van der Waals surface area contributed by atoms with Crippen LogP contribution in [0.25, 0.3) is 0 Å². The van der Waals surface area contributed by atoms with Gasteiger partial charge in [0.1, 0.15) is 16.5 Å². The maximum atomic E-state index is 11.7. The summed E-state index contributed by atoms with van der Waals surface area (Å²) in [4.78, 5) is 26.4. The Morgan fingerprint density at radius 3 is 2.76 bits per heavy atom. The van der Waals surface area contributed by atoms with Gasteiger partial charge in [0, 0.05) is 19.3 Å². The molecule has 0 unspecified atom stereocenters. The van der Waals surface area contributed by atoms with Gasteiger partial charge in [0.25, 0.3) is 0 Å². The van der Waals surface area contributed by atoms with Crippen LogP contribution < -0.4 is 10.2 Å². The number of esters is 1. The van der Waals surface area contributed by atoms with E-state index >= 15 is 0 Å². The molecule has 0 aromatic carbocycles. The van der Waals surface area contributed by atoms with Crippen molar-refractivity contribution in [3.05, 3.63) is 35.2 Å². The van der Waals surface area contributed by atoms with Crippen LogP contribution in [0, 0.1) is 0 Å². The molecule has 8 nitrogen and oxygen atoms in total.